The van der Waals surface area contributed by atoms with Crippen LogP contribution >= 0.6 is 0 Å². The van der Waals surface area contributed by atoms with Gasteiger partial charge in [-0.2, -0.15) is 0 Å². The lowest BCUT2D eigenvalue weighted by atomic mass is 10.1. The van der Waals surface area contributed by atoms with Gasteiger partial charge in [-0.1, -0.05) is 30.3 Å². The number of anilines is 1. The molecule has 8 heteroatoms. The zero-order valence-electron chi connectivity index (χ0n) is 19.7. The minimum Gasteiger partial charge on any atom is -0.377 e. The number of amides is 2. The molecule has 0 bridgehead atoms. The van der Waals surface area contributed by atoms with Gasteiger partial charge in [0.05, 0.1) is 18.8 Å². The zero-order chi connectivity index (χ0) is 23.8. The molecule has 8 nitrogen and oxygen atoms in total. The minimum atomic E-state index is -0.855. The molecule has 2 atom stereocenters. The van der Waals surface area contributed by atoms with Crippen LogP contribution in [0.3, 0.4) is 0 Å². The van der Waals surface area contributed by atoms with Gasteiger partial charge in [0.2, 0.25) is 0 Å². The lowest BCUT2D eigenvalue weighted by Crippen LogP contribution is -2.52. The summed E-state index contributed by atoms with van der Waals surface area (Å²) < 4.78 is 17.8. The van der Waals surface area contributed by atoms with Crippen molar-refractivity contribution in [3.8, 4) is 0 Å². The Bertz CT molecular complexity index is 933. The normalized spacial score (nSPS) is 20.2. The van der Waals surface area contributed by atoms with Crippen molar-refractivity contribution in [1.29, 1.82) is 0 Å². The Morgan fingerprint density at radius 1 is 0.909 bits per heavy atom. The van der Waals surface area contributed by atoms with Gasteiger partial charge in [-0.25, -0.2) is 0 Å². The summed E-state index contributed by atoms with van der Waals surface area (Å²) in [6.07, 6.45) is -1.00. The third-order valence-electron chi connectivity index (χ3n) is 5.31. The van der Waals surface area contributed by atoms with E-state index in [9.17, 15) is 9.59 Å². The molecule has 0 aromatic heterocycles. The Kier molecular flexibility index (Phi) is 8.43. The predicted molar refractivity (Wildman–Crippen MR) is 127 cm³/mol. The SMILES string of the molecule is CN(C)c1ccccc1C(=O)NC[C@H]1OCCOC(C)(C)O[C@H]1CNC(=O)c1ccccc1. The second-order valence-electron chi connectivity index (χ2n) is 8.51. The van der Waals surface area contributed by atoms with Gasteiger partial charge < -0.3 is 29.7 Å². The van der Waals surface area contributed by atoms with Crippen LogP contribution in [-0.2, 0) is 14.2 Å². The van der Waals surface area contributed by atoms with Crippen molar-refractivity contribution in [3.05, 3.63) is 65.7 Å². The molecule has 1 saturated heterocycles. The molecular formula is C25H33N3O5. The first kappa shape index (κ1) is 24.7. The molecule has 1 aliphatic heterocycles. The lowest BCUT2D eigenvalue weighted by Gasteiger charge is -2.37. The monoisotopic (exact) mass is 455 g/mol. The quantitative estimate of drug-likeness (QED) is 0.667. The van der Waals surface area contributed by atoms with Gasteiger partial charge in [0.15, 0.2) is 5.79 Å². The molecule has 0 saturated carbocycles. The summed E-state index contributed by atoms with van der Waals surface area (Å²) in [5.74, 6) is -1.26. The average Bonchev–Trinajstić information content (AvgIpc) is 2.80. The smallest absolute Gasteiger partial charge is 0.253 e. The van der Waals surface area contributed by atoms with Gasteiger partial charge in [-0.05, 0) is 38.1 Å². The molecule has 178 valence electrons. The molecular weight excluding hydrogens is 422 g/mol. The molecule has 1 aliphatic rings. The molecule has 2 aromatic carbocycles. The molecule has 1 fully saturated rings. The summed E-state index contributed by atoms with van der Waals surface area (Å²) in [5, 5.41) is 5.87. The maximum absolute atomic E-state index is 12.9. The number of hydrogen-bond donors (Lipinski definition) is 2. The number of hydrogen-bond acceptors (Lipinski definition) is 6. The molecule has 2 amide bonds. The molecule has 2 aromatic rings. The first-order chi connectivity index (χ1) is 15.8. The predicted octanol–water partition coefficient (Wildman–Crippen LogP) is 2.45. The Balaban J connectivity index is 1.69. The fraction of sp³-hybridized carbons (Fsp3) is 0.440. The number of ether oxygens (including phenoxy) is 3. The number of para-hydroxylation sites is 1. The van der Waals surface area contributed by atoms with E-state index in [-0.39, 0.29) is 24.9 Å². The van der Waals surface area contributed by atoms with Gasteiger partial charge in [0, 0.05) is 38.4 Å². The standard InChI is InChI=1S/C25H33N3O5/c1-25(2)32-15-14-31-21(16-27-24(30)19-12-8-9-13-20(19)28(3)4)22(33-25)17-26-23(29)18-10-6-5-7-11-18/h5-13,21-22H,14-17H2,1-4H3,(H,26,29)(H,27,30)/t21-,22+/m1/s1. The second kappa shape index (κ2) is 11.3. The van der Waals surface area contributed by atoms with Crippen LogP contribution in [-0.4, -0.2) is 70.2 Å². The second-order valence-corrected chi connectivity index (χ2v) is 8.51. The molecule has 2 N–H and O–H groups in total. The fourth-order valence-corrected chi connectivity index (χ4v) is 3.66. The van der Waals surface area contributed by atoms with E-state index in [0.29, 0.717) is 24.3 Å². The zero-order valence-corrected chi connectivity index (χ0v) is 19.7. The van der Waals surface area contributed by atoms with E-state index in [1.807, 2.05) is 69.2 Å². The van der Waals surface area contributed by atoms with Crippen LogP contribution in [0.1, 0.15) is 34.6 Å². The summed E-state index contributed by atoms with van der Waals surface area (Å²) in [6, 6.07) is 16.4. The highest BCUT2D eigenvalue weighted by atomic mass is 16.7. The Labute approximate surface area is 195 Å². The maximum Gasteiger partial charge on any atom is 0.253 e. The maximum atomic E-state index is 12.9. The third kappa shape index (κ3) is 7.02. The van der Waals surface area contributed by atoms with Crippen LogP contribution in [0.25, 0.3) is 0 Å². The van der Waals surface area contributed by atoms with Crippen molar-refractivity contribution in [3.63, 3.8) is 0 Å². The van der Waals surface area contributed by atoms with Crippen LogP contribution in [0.2, 0.25) is 0 Å². The number of rotatable bonds is 7. The first-order valence-corrected chi connectivity index (χ1v) is 11.1. The van der Waals surface area contributed by atoms with E-state index in [2.05, 4.69) is 10.6 Å². The number of carbonyl (C=O) groups is 2. The third-order valence-corrected chi connectivity index (χ3v) is 5.31. The largest absolute Gasteiger partial charge is 0.377 e. The molecule has 33 heavy (non-hydrogen) atoms. The van der Waals surface area contributed by atoms with Crippen molar-refractivity contribution < 1.29 is 23.8 Å². The summed E-state index contributed by atoms with van der Waals surface area (Å²) in [7, 11) is 3.79. The topological polar surface area (TPSA) is 89.1 Å². The average molecular weight is 456 g/mol. The molecule has 0 radical (unpaired) electrons. The van der Waals surface area contributed by atoms with Crippen LogP contribution in [0, 0.1) is 0 Å². The summed E-state index contributed by atoms with van der Waals surface area (Å²) in [5.41, 5.74) is 1.96. The highest BCUT2D eigenvalue weighted by molar-refractivity contribution is 5.99. The fourth-order valence-electron chi connectivity index (χ4n) is 3.66. The van der Waals surface area contributed by atoms with E-state index in [4.69, 9.17) is 14.2 Å². The van der Waals surface area contributed by atoms with E-state index in [0.717, 1.165) is 5.69 Å². The number of nitrogens with zero attached hydrogens (tertiary/aromatic N) is 1. The minimum absolute atomic E-state index is 0.201. The number of carbonyl (C=O) groups excluding carboxylic acids is 2. The Morgan fingerprint density at radius 2 is 1.55 bits per heavy atom. The summed E-state index contributed by atoms with van der Waals surface area (Å²) in [6.45, 7) is 4.80. The van der Waals surface area contributed by atoms with Crippen molar-refractivity contribution >= 4 is 17.5 Å². The van der Waals surface area contributed by atoms with Crippen molar-refractivity contribution in [2.24, 2.45) is 0 Å². The van der Waals surface area contributed by atoms with Crippen LogP contribution in [0.4, 0.5) is 5.69 Å². The highest BCUT2D eigenvalue weighted by Crippen LogP contribution is 2.21. The van der Waals surface area contributed by atoms with E-state index in [1.54, 1.807) is 18.2 Å². The summed E-state index contributed by atoms with van der Waals surface area (Å²) >= 11 is 0. The molecule has 1 heterocycles. The van der Waals surface area contributed by atoms with Crippen molar-refractivity contribution in [2.45, 2.75) is 31.8 Å². The summed E-state index contributed by atoms with van der Waals surface area (Å²) in [4.78, 5) is 27.4. The molecule has 0 spiro atoms. The van der Waals surface area contributed by atoms with Crippen LogP contribution < -0.4 is 15.5 Å². The lowest BCUT2D eigenvalue weighted by molar-refractivity contribution is -0.277. The van der Waals surface area contributed by atoms with E-state index < -0.39 is 18.0 Å². The van der Waals surface area contributed by atoms with Gasteiger partial charge >= 0.3 is 0 Å². The van der Waals surface area contributed by atoms with Gasteiger partial charge in [0.25, 0.3) is 11.8 Å². The van der Waals surface area contributed by atoms with Crippen molar-refractivity contribution in [1.82, 2.24) is 10.6 Å². The van der Waals surface area contributed by atoms with Gasteiger partial charge in [0.1, 0.15) is 12.2 Å². The number of benzene rings is 2. The van der Waals surface area contributed by atoms with Crippen LogP contribution in [0.5, 0.6) is 0 Å². The molecule has 0 unspecified atom stereocenters. The molecule has 0 aliphatic carbocycles. The van der Waals surface area contributed by atoms with E-state index in [1.165, 1.54) is 0 Å². The van der Waals surface area contributed by atoms with Crippen molar-refractivity contribution in [2.75, 3.05) is 45.3 Å². The molecule has 3 rings (SSSR count). The first-order valence-electron chi connectivity index (χ1n) is 11.1. The highest BCUT2D eigenvalue weighted by Gasteiger charge is 2.33. The van der Waals surface area contributed by atoms with E-state index >= 15 is 0 Å². The van der Waals surface area contributed by atoms with Crippen LogP contribution in [0.15, 0.2) is 54.6 Å². The van der Waals surface area contributed by atoms with Gasteiger partial charge in [-0.15, -0.1) is 0 Å². The Morgan fingerprint density at radius 3 is 2.27 bits per heavy atom. The Hall–Kier alpha value is -2.94. The number of nitrogens with one attached hydrogen (secondary N) is 2. The van der Waals surface area contributed by atoms with Gasteiger partial charge in [-0.3, -0.25) is 9.59 Å².